The lowest BCUT2D eigenvalue weighted by molar-refractivity contribution is -0.121. The summed E-state index contributed by atoms with van der Waals surface area (Å²) in [4.78, 5) is 39.6. The Morgan fingerprint density at radius 2 is 1.54 bits per heavy atom. The molecule has 1 aliphatic rings. The number of aryl methyl sites for hydroxylation is 1. The highest BCUT2D eigenvalue weighted by atomic mass is 16.2. The van der Waals surface area contributed by atoms with Gasteiger partial charge in [-0.15, -0.1) is 0 Å². The monoisotopic (exact) mass is 378 g/mol. The second-order valence-corrected chi connectivity index (χ2v) is 7.50. The van der Waals surface area contributed by atoms with Gasteiger partial charge in [0.25, 0.3) is 11.8 Å². The number of carbonyl (C=O) groups excluding carboxylic acids is 3. The molecule has 0 radical (unpaired) electrons. The highest BCUT2D eigenvalue weighted by Crippen LogP contribution is 2.27. The zero-order valence-electron chi connectivity index (χ0n) is 16.6. The van der Waals surface area contributed by atoms with E-state index in [9.17, 15) is 14.4 Å². The Morgan fingerprint density at radius 1 is 0.964 bits per heavy atom. The van der Waals surface area contributed by atoms with Crippen molar-refractivity contribution in [2.75, 3.05) is 5.32 Å². The fraction of sp³-hybridized carbons (Fsp3) is 0.348. The molecule has 2 aromatic carbocycles. The summed E-state index contributed by atoms with van der Waals surface area (Å²) in [6.07, 6.45) is 3.27. The molecule has 0 saturated heterocycles. The third-order valence-electron chi connectivity index (χ3n) is 5.04. The van der Waals surface area contributed by atoms with Gasteiger partial charge in [-0.25, -0.2) is 0 Å². The molecule has 3 amide bonds. The normalized spacial score (nSPS) is 14.4. The van der Waals surface area contributed by atoms with Gasteiger partial charge >= 0.3 is 0 Å². The molecule has 2 aromatic rings. The first kappa shape index (κ1) is 19.8. The molecule has 1 N–H and O–H groups in total. The number of benzene rings is 2. The maximum atomic E-state index is 13.0. The summed E-state index contributed by atoms with van der Waals surface area (Å²) in [6.45, 7) is 5.82. The van der Waals surface area contributed by atoms with Gasteiger partial charge in [0.15, 0.2) is 0 Å². The summed E-state index contributed by atoms with van der Waals surface area (Å²) in [5.74, 6) is -1.40. The summed E-state index contributed by atoms with van der Waals surface area (Å²) in [5, 5.41) is 2.87. The number of unbranched alkanes of at least 4 members (excludes halogenated alkanes) is 1. The van der Waals surface area contributed by atoms with Crippen molar-refractivity contribution >= 4 is 23.4 Å². The molecule has 1 unspecified atom stereocenters. The Morgan fingerprint density at radius 3 is 2.04 bits per heavy atom. The lowest BCUT2D eigenvalue weighted by atomic mass is 10.0. The largest absolute Gasteiger partial charge is 0.324 e. The van der Waals surface area contributed by atoms with Crippen molar-refractivity contribution in [2.24, 2.45) is 5.92 Å². The van der Waals surface area contributed by atoms with Crippen LogP contribution in [0.3, 0.4) is 0 Å². The lowest BCUT2D eigenvalue weighted by Crippen LogP contribution is -2.50. The number of imide groups is 1. The fourth-order valence-electron chi connectivity index (χ4n) is 3.53. The fourth-order valence-corrected chi connectivity index (χ4v) is 3.53. The van der Waals surface area contributed by atoms with Crippen molar-refractivity contribution < 1.29 is 14.4 Å². The number of anilines is 1. The van der Waals surface area contributed by atoms with E-state index < -0.39 is 17.9 Å². The molecule has 28 heavy (non-hydrogen) atoms. The van der Waals surface area contributed by atoms with E-state index in [2.05, 4.69) is 12.2 Å². The molecule has 0 saturated carbocycles. The average Bonchev–Trinajstić information content (AvgIpc) is 2.93. The molecule has 0 aromatic heterocycles. The number of hydrogen-bond acceptors (Lipinski definition) is 3. The standard InChI is InChI=1S/C23H26N2O3/c1-4-5-8-16-11-13-17(14-12-16)24-21(26)20(15(2)3)25-22(27)18-9-6-7-10-19(18)23(25)28/h6-7,9-15,20H,4-5,8H2,1-3H3,(H,24,26). The SMILES string of the molecule is CCCCc1ccc(NC(=O)C(C(C)C)N2C(=O)c3ccccc3C2=O)cc1. The van der Waals surface area contributed by atoms with Crippen molar-refractivity contribution in [3.05, 3.63) is 65.2 Å². The molecule has 0 fully saturated rings. The Kier molecular flexibility index (Phi) is 5.93. The van der Waals surface area contributed by atoms with Gasteiger partial charge in [0.05, 0.1) is 11.1 Å². The van der Waals surface area contributed by atoms with Crippen LogP contribution in [-0.4, -0.2) is 28.7 Å². The van der Waals surface area contributed by atoms with Crippen LogP contribution in [0.15, 0.2) is 48.5 Å². The highest BCUT2D eigenvalue weighted by molar-refractivity contribution is 6.23. The molecular weight excluding hydrogens is 352 g/mol. The number of nitrogens with one attached hydrogen (secondary N) is 1. The van der Waals surface area contributed by atoms with Gasteiger partial charge in [-0.2, -0.15) is 0 Å². The van der Waals surface area contributed by atoms with Gasteiger partial charge in [-0.05, 0) is 48.6 Å². The number of rotatable bonds is 7. The first-order valence-electron chi connectivity index (χ1n) is 9.80. The van der Waals surface area contributed by atoms with Crippen LogP contribution < -0.4 is 5.32 Å². The molecule has 1 heterocycles. The van der Waals surface area contributed by atoms with Crippen molar-refractivity contribution in [1.29, 1.82) is 0 Å². The zero-order valence-corrected chi connectivity index (χ0v) is 16.6. The summed E-state index contributed by atoms with van der Waals surface area (Å²) >= 11 is 0. The third kappa shape index (κ3) is 3.84. The van der Waals surface area contributed by atoms with Crippen molar-refractivity contribution in [3.63, 3.8) is 0 Å². The van der Waals surface area contributed by atoms with Crippen LogP contribution in [0.1, 0.15) is 59.9 Å². The number of nitrogens with zero attached hydrogens (tertiary/aromatic N) is 1. The zero-order chi connectivity index (χ0) is 20.3. The maximum absolute atomic E-state index is 13.0. The first-order chi connectivity index (χ1) is 13.4. The molecule has 3 rings (SSSR count). The topological polar surface area (TPSA) is 66.5 Å². The van der Waals surface area contributed by atoms with Gasteiger partial charge in [0.1, 0.15) is 6.04 Å². The van der Waals surface area contributed by atoms with Gasteiger partial charge in [-0.1, -0.05) is 51.5 Å². The summed E-state index contributed by atoms with van der Waals surface area (Å²) in [7, 11) is 0. The summed E-state index contributed by atoms with van der Waals surface area (Å²) in [6, 6.07) is 13.5. The van der Waals surface area contributed by atoms with Crippen LogP contribution in [0.2, 0.25) is 0 Å². The molecule has 0 aliphatic carbocycles. The Hall–Kier alpha value is -2.95. The van der Waals surface area contributed by atoms with Gasteiger partial charge in [0.2, 0.25) is 5.91 Å². The van der Waals surface area contributed by atoms with Crippen molar-refractivity contribution in [2.45, 2.75) is 46.1 Å². The van der Waals surface area contributed by atoms with Crippen LogP contribution in [-0.2, 0) is 11.2 Å². The third-order valence-corrected chi connectivity index (χ3v) is 5.04. The molecule has 5 nitrogen and oxygen atoms in total. The van der Waals surface area contributed by atoms with Crippen molar-refractivity contribution in [3.8, 4) is 0 Å². The molecule has 0 bridgehead atoms. The van der Waals surface area contributed by atoms with E-state index in [0.29, 0.717) is 16.8 Å². The molecule has 5 heteroatoms. The van der Waals surface area contributed by atoms with Crippen LogP contribution in [0.5, 0.6) is 0 Å². The maximum Gasteiger partial charge on any atom is 0.262 e. The molecule has 0 spiro atoms. The van der Waals surface area contributed by atoms with E-state index in [1.54, 1.807) is 24.3 Å². The second kappa shape index (κ2) is 8.38. The molecular formula is C23H26N2O3. The van der Waals surface area contributed by atoms with Crippen LogP contribution in [0.4, 0.5) is 5.69 Å². The van der Waals surface area contributed by atoms with Gasteiger partial charge in [-0.3, -0.25) is 19.3 Å². The number of fused-ring (bicyclic) bond motifs is 1. The predicted octanol–water partition coefficient (Wildman–Crippen LogP) is 4.29. The summed E-state index contributed by atoms with van der Waals surface area (Å²) < 4.78 is 0. The number of amides is 3. The minimum atomic E-state index is -0.868. The van der Waals surface area contributed by atoms with Gasteiger partial charge in [0, 0.05) is 5.69 Å². The van der Waals surface area contributed by atoms with Crippen LogP contribution in [0.25, 0.3) is 0 Å². The number of carbonyl (C=O) groups is 3. The Bertz CT molecular complexity index is 852. The smallest absolute Gasteiger partial charge is 0.262 e. The van der Waals surface area contributed by atoms with Crippen LogP contribution >= 0.6 is 0 Å². The minimum Gasteiger partial charge on any atom is -0.324 e. The molecule has 1 atom stereocenters. The van der Waals surface area contributed by atoms with E-state index in [1.807, 2.05) is 38.1 Å². The average molecular weight is 378 g/mol. The van der Waals surface area contributed by atoms with E-state index in [1.165, 1.54) is 5.56 Å². The second-order valence-electron chi connectivity index (χ2n) is 7.50. The predicted molar refractivity (Wildman–Crippen MR) is 109 cm³/mol. The quantitative estimate of drug-likeness (QED) is 0.731. The number of hydrogen-bond donors (Lipinski definition) is 1. The summed E-state index contributed by atoms with van der Waals surface area (Å²) in [5.41, 5.74) is 2.59. The lowest BCUT2D eigenvalue weighted by Gasteiger charge is -2.28. The van der Waals surface area contributed by atoms with E-state index in [4.69, 9.17) is 0 Å². The van der Waals surface area contributed by atoms with E-state index in [-0.39, 0.29) is 11.8 Å². The van der Waals surface area contributed by atoms with Gasteiger partial charge < -0.3 is 5.32 Å². The first-order valence-corrected chi connectivity index (χ1v) is 9.80. The highest BCUT2D eigenvalue weighted by Gasteiger charge is 2.43. The van der Waals surface area contributed by atoms with E-state index in [0.717, 1.165) is 24.2 Å². The Balaban J connectivity index is 1.78. The van der Waals surface area contributed by atoms with E-state index >= 15 is 0 Å². The minimum absolute atomic E-state index is 0.217. The van der Waals surface area contributed by atoms with Crippen molar-refractivity contribution in [1.82, 2.24) is 4.90 Å². The van der Waals surface area contributed by atoms with Crippen LogP contribution in [0, 0.1) is 5.92 Å². The molecule has 146 valence electrons. The molecule has 1 aliphatic heterocycles. The Labute approximate surface area is 165 Å².